The molecular formula is C27H26F3N3. The highest BCUT2D eigenvalue weighted by Gasteiger charge is 2.20. The molecular weight excluding hydrogens is 423 g/mol. The summed E-state index contributed by atoms with van der Waals surface area (Å²) in [6, 6.07) is 15.9. The van der Waals surface area contributed by atoms with E-state index in [9.17, 15) is 13.2 Å². The molecule has 3 nitrogen and oxygen atoms in total. The van der Waals surface area contributed by atoms with Crippen LogP contribution in [0.3, 0.4) is 0 Å². The summed E-state index contributed by atoms with van der Waals surface area (Å²) in [7, 11) is 0. The van der Waals surface area contributed by atoms with Crippen molar-refractivity contribution >= 4 is 16.6 Å². The number of aromatic nitrogens is 1. The number of nitrogens with one attached hydrogen (secondary N) is 1. The first-order valence-electron chi connectivity index (χ1n) is 11.4. The van der Waals surface area contributed by atoms with Crippen molar-refractivity contribution in [2.75, 3.05) is 37.6 Å². The number of hydrogen-bond acceptors (Lipinski definition) is 2. The molecule has 0 unspecified atom stereocenters. The molecule has 5 rings (SSSR count). The molecule has 1 aliphatic rings. The number of rotatable bonds is 6. The van der Waals surface area contributed by atoms with Crippen LogP contribution in [-0.2, 0) is 6.42 Å². The molecule has 0 bridgehead atoms. The average Bonchev–Trinajstić information content (AvgIpc) is 3.21. The van der Waals surface area contributed by atoms with Gasteiger partial charge in [-0.1, -0.05) is 12.1 Å². The van der Waals surface area contributed by atoms with Crippen LogP contribution in [0.4, 0.5) is 18.9 Å². The zero-order valence-corrected chi connectivity index (χ0v) is 18.3. The smallest absolute Gasteiger partial charge is 0.123 e. The van der Waals surface area contributed by atoms with Gasteiger partial charge in [-0.05, 0) is 79.0 Å². The number of hydrogen-bond donors (Lipinski definition) is 1. The normalized spacial score (nSPS) is 14.8. The summed E-state index contributed by atoms with van der Waals surface area (Å²) in [6.07, 6.45) is 3.87. The minimum Gasteiger partial charge on any atom is -0.368 e. The van der Waals surface area contributed by atoms with Crippen LogP contribution < -0.4 is 4.90 Å². The number of nitrogens with zero attached hydrogens (tertiary/aromatic N) is 2. The van der Waals surface area contributed by atoms with Gasteiger partial charge in [0, 0.05) is 54.5 Å². The van der Waals surface area contributed by atoms with Gasteiger partial charge in [0.25, 0.3) is 0 Å². The zero-order chi connectivity index (χ0) is 22.8. The van der Waals surface area contributed by atoms with E-state index in [0.717, 1.165) is 73.3 Å². The van der Waals surface area contributed by atoms with E-state index in [1.54, 1.807) is 24.3 Å². The Bertz CT molecular complexity index is 1260. The monoisotopic (exact) mass is 449 g/mol. The van der Waals surface area contributed by atoms with E-state index in [1.165, 1.54) is 30.3 Å². The van der Waals surface area contributed by atoms with Gasteiger partial charge in [-0.15, -0.1) is 0 Å². The minimum atomic E-state index is -0.328. The second-order valence-corrected chi connectivity index (χ2v) is 8.61. The number of piperazine rings is 1. The van der Waals surface area contributed by atoms with Crippen molar-refractivity contribution in [2.24, 2.45) is 0 Å². The second-order valence-electron chi connectivity index (χ2n) is 8.61. The maximum atomic E-state index is 14.0. The largest absolute Gasteiger partial charge is 0.368 e. The molecule has 0 saturated carbocycles. The van der Waals surface area contributed by atoms with Crippen LogP contribution in [0.5, 0.6) is 0 Å². The fourth-order valence-corrected chi connectivity index (χ4v) is 4.73. The molecule has 0 spiro atoms. The average molecular weight is 450 g/mol. The van der Waals surface area contributed by atoms with Crippen LogP contribution in [0.2, 0.25) is 0 Å². The highest BCUT2D eigenvalue weighted by molar-refractivity contribution is 5.83. The number of halogens is 3. The van der Waals surface area contributed by atoms with Crippen LogP contribution in [0.25, 0.3) is 22.0 Å². The number of fused-ring (bicyclic) bond motifs is 1. The molecule has 6 heteroatoms. The third-order valence-corrected chi connectivity index (χ3v) is 6.46. The first-order chi connectivity index (χ1) is 16.1. The predicted octanol–water partition coefficient (Wildman–Crippen LogP) is 6.01. The van der Waals surface area contributed by atoms with Gasteiger partial charge in [0.15, 0.2) is 0 Å². The SMILES string of the molecule is Fc1cccc(-c2cc(F)ccc2N2CCN(CCCc3c[nH]c4ccc(F)cc34)CC2)c1. The maximum Gasteiger partial charge on any atom is 0.123 e. The van der Waals surface area contributed by atoms with Crippen molar-refractivity contribution in [1.29, 1.82) is 0 Å². The van der Waals surface area contributed by atoms with Crippen LogP contribution in [-0.4, -0.2) is 42.6 Å². The van der Waals surface area contributed by atoms with E-state index in [0.29, 0.717) is 5.56 Å². The predicted molar refractivity (Wildman–Crippen MR) is 127 cm³/mol. The summed E-state index contributed by atoms with van der Waals surface area (Å²) >= 11 is 0. The van der Waals surface area contributed by atoms with E-state index in [2.05, 4.69) is 14.8 Å². The van der Waals surface area contributed by atoms with Crippen molar-refractivity contribution in [1.82, 2.24) is 9.88 Å². The molecule has 4 aromatic rings. The Labute approximate surface area is 191 Å². The van der Waals surface area contributed by atoms with Crippen LogP contribution in [0.1, 0.15) is 12.0 Å². The fraction of sp³-hybridized carbons (Fsp3) is 0.259. The standard InChI is InChI=1S/C27H26F3N3/c28-21-5-1-3-19(15-21)25-17-23(30)7-9-27(25)33-13-11-32(12-14-33)10-2-4-20-18-31-26-8-6-22(29)16-24(20)26/h1,3,5-9,15-18,31H,2,4,10-14H2. The van der Waals surface area contributed by atoms with E-state index in [1.807, 2.05) is 12.3 Å². The quantitative estimate of drug-likeness (QED) is 0.390. The van der Waals surface area contributed by atoms with Gasteiger partial charge in [-0.25, -0.2) is 13.2 Å². The third-order valence-electron chi connectivity index (χ3n) is 6.46. The molecule has 170 valence electrons. The molecule has 0 atom stereocenters. The topological polar surface area (TPSA) is 22.3 Å². The molecule has 0 aliphatic carbocycles. The lowest BCUT2D eigenvalue weighted by atomic mass is 10.0. The molecule has 1 N–H and O–H groups in total. The highest BCUT2D eigenvalue weighted by atomic mass is 19.1. The van der Waals surface area contributed by atoms with Gasteiger partial charge in [-0.2, -0.15) is 0 Å². The lowest BCUT2D eigenvalue weighted by Gasteiger charge is -2.37. The van der Waals surface area contributed by atoms with Crippen molar-refractivity contribution < 1.29 is 13.2 Å². The highest BCUT2D eigenvalue weighted by Crippen LogP contribution is 2.33. The molecule has 33 heavy (non-hydrogen) atoms. The summed E-state index contributed by atoms with van der Waals surface area (Å²) in [5, 5.41) is 0.959. The second kappa shape index (κ2) is 9.32. The lowest BCUT2D eigenvalue weighted by molar-refractivity contribution is 0.255. The summed E-state index contributed by atoms with van der Waals surface area (Å²) in [5.74, 6) is -0.864. The van der Waals surface area contributed by atoms with Crippen LogP contribution in [0.15, 0.2) is 66.9 Å². The molecule has 1 aliphatic heterocycles. The lowest BCUT2D eigenvalue weighted by Crippen LogP contribution is -2.46. The fourth-order valence-electron chi connectivity index (χ4n) is 4.73. The first kappa shape index (κ1) is 21.6. The van der Waals surface area contributed by atoms with Crippen molar-refractivity contribution in [3.05, 3.63) is 89.9 Å². The number of H-pyrrole nitrogens is 1. The Balaban J connectivity index is 1.20. The van der Waals surface area contributed by atoms with E-state index >= 15 is 0 Å². The Kier molecular flexibility index (Phi) is 6.09. The van der Waals surface area contributed by atoms with Gasteiger partial charge in [-0.3, -0.25) is 4.90 Å². The van der Waals surface area contributed by atoms with Crippen molar-refractivity contribution in [3.63, 3.8) is 0 Å². The molecule has 1 saturated heterocycles. The molecule has 0 amide bonds. The summed E-state index contributed by atoms with van der Waals surface area (Å²) in [6.45, 7) is 4.43. The molecule has 1 aromatic heterocycles. The van der Waals surface area contributed by atoms with Gasteiger partial charge >= 0.3 is 0 Å². The molecule has 2 heterocycles. The Morgan fingerprint density at radius 2 is 1.55 bits per heavy atom. The summed E-state index contributed by atoms with van der Waals surface area (Å²) < 4.78 is 41.4. The van der Waals surface area contributed by atoms with Gasteiger partial charge in [0.05, 0.1) is 0 Å². The van der Waals surface area contributed by atoms with Gasteiger partial charge in [0.1, 0.15) is 17.5 Å². The van der Waals surface area contributed by atoms with Crippen LogP contribution >= 0.6 is 0 Å². The molecule has 3 aromatic carbocycles. The first-order valence-corrected chi connectivity index (χ1v) is 11.4. The summed E-state index contributed by atoms with van der Waals surface area (Å²) in [4.78, 5) is 7.89. The number of aryl methyl sites for hydroxylation is 1. The van der Waals surface area contributed by atoms with E-state index < -0.39 is 0 Å². The van der Waals surface area contributed by atoms with E-state index in [4.69, 9.17) is 0 Å². The maximum absolute atomic E-state index is 14.0. The Morgan fingerprint density at radius 1 is 0.788 bits per heavy atom. The van der Waals surface area contributed by atoms with Crippen molar-refractivity contribution in [2.45, 2.75) is 12.8 Å². The number of aromatic amines is 1. The Hall–Kier alpha value is -3.25. The third kappa shape index (κ3) is 4.76. The van der Waals surface area contributed by atoms with Gasteiger partial charge < -0.3 is 9.88 Å². The Morgan fingerprint density at radius 3 is 2.36 bits per heavy atom. The van der Waals surface area contributed by atoms with E-state index in [-0.39, 0.29) is 17.5 Å². The zero-order valence-electron chi connectivity index (χ0n) is 18.3. The van der Waals surface area contributed by atoms with Gasteiger partial charge in [0.2, 0.25) is 0 Å². The molecule has 1 fully saturated rings. The minimum absolute atomic E-state index is 0.210. The number of benzene rings is 3. The van der Waals surface area contributed by atoms with Crippen LogP contribution in [0, 0.1) is 17.5 Å². The summed E-state index contributed by atoms with van der Waals surface area (Å²) in [5.41, 5.74) is 4.45. The number of anilines is 1. The molecule has 0 radical (unpaired) electrons. The van der Waals surface area contributed by atoms with Crippen molar-refractivity contribution in [3.8, 4) is 11.1 Å².